The second kappa shape index (κ2) is 5.81. The van der Waals surface area contributed by atoms with Crippen molar-refractivity contribution in [3.05, 3.63) is 30.1 Å². The number of rotatable bonds is 4. The monoisotopic (exact) mass is 289 g/mol. The first-order valence-corrected chi connectivity index (χ1v) is 7.13. The van der Waals surface area contributed by atoms with Crippen LogP contribution < -0.4 is 0 Å². The number of carbonyl (C=O) groups excluding carboxylic acids is 2. The zero-order chi connectivity index (χ0) is 14.8. The number of aromatic nitrogens is 1. The van der Waals surface area contributed by atoms with Crippen molar-refractivity contribution in [2.24, 2.45) is 11.8 Å². The van der Waals surface area contributed by atoms with E-state index in [0.717, 1.165) is 12.1 Å². The summed E-state index contributed by atoms with van der Waals surface area (Å²) in [6.45, 7) is 2.59. The highest BCUT2D eigenvalue weighted by atomic mass is 16.5. The van der Waals surface area contributed by atoms with E-state index in [1.165, 1.54) is 7.11 Å². The first-order valence-electron chi connectivity index (χ1n) is 7.13. The van der Waals surface area contributed by atoms with Gasteiger partial charge in [-0.25, -0.2) is 0 Å². The zero-order valence-corrected chi connectivity index (χ0v) is 12.1. The number of nitrogens with zero attached hydrogens (tertiary/aromatic N) is 3. The molecule has 0 bridgehead atoms. The molecule has 0 aromatic carbocycles. The number of fused-ring (bicyclic) bond motifs is 1. The third-order valence-corrected chi connectivity index (χ3v) is 4.24. The van der Waals surface area contributed by atoms with Gasteiger partial charge in [-0.1, -0.05) is 6.07 Å². The van der Waals surface area contributed by atoms with Crippen molar-refractivity contribution in [2.45, 2.75) is 6.54 Å². The molecule has 0 saturated carbocycles. The van der Waals surface area contributed by atoms with Gasteiger partial charge in [0.05, 0.1) is 5.92 Å². The largest absolute Gasteiger partial charge is 0.375 e. The standard InChI is InChI=1S/C15H19N3O3/c1-21-10-14(19)17-7-12-8-18(15(20)13(12)9-17)6-11-3-2-4-16-5-11/h2-5,12-13H,6-10H2,1H3/t12-,13-/m1/s1. The fourth-order valence-electron chi connectivity index (χ4n) is 3.22. The van der Waals surface area contributed by atoms with Gasteiger partial charge in [0, 0.05) is 51.6 Å². The topological polar surface area (TPSA) is 62.7 Å². The van der Waals surface area contributed by atoms with Crippen molar-refractivity contribution in [3.63, 3.8) is 0 Å². The van der Waals surface area contributed by atoms with E-state index in [9.17, 15) is 9.59 Å². The highest BCUT2D eigenvalue weighted by molar-refractivity contribution is 5.84. The SMILES string of the molecule is COCC(=O)N1C[C@@H]2CN(Cc3cccnc3)C(=O)[C@@H]2C1. The Bertz CT molecular complexity index is 534. The highest BCUT2D eigenvalue weighted by Crippen LogP contribution is 2.33. The molecule has 2 aliphatic heterocycles. The van der Waals surface area contributed by atoms with Crippen LogP contribution in [0.2, 0.25) is 0 Å². The smallest absolute Gasteiger partial charge is 0.248 e. The number of likely N-dealkylation sites (tertiary alicyclic amines) is 2. The molecule has 0 unspecified atom stereocenters. The fraction of sp³-hybridized carbons (Fsp3) is 0.533. The van der Waals surface area contributed by atoms with E-state index in [4.69, 9.17) is 4.74 Å². The van der Waals surface area contributed by atoms with Gasteiger partial charge in [0.2, 0.25) is 11.8 Å². The summed E-state index contributed by atoms with van der Waals surface area (Å²) < 4.78 is 4.87. The highest BCUT2D eigenvalue weighted by Gasteiger charge is 2.47. The molecule has 3 rings (SSSR count). The summed E-state index contributed by atoms with van der Waals surface area (Å²) in [7, 11) is 1.51. The predicted molar refractivity (Wildman–Crippen MR) is 75.1 cm³/mol. The van der Waals surface area contributed by atoms with Gasteiger partial charge < -0.3 is 14.5 Å². The summed E-state index contributed by atoms with van der Waals surface area (Å²) >= 11 is 0. The normalized spacial score (nSPS) is 24.5. The summed E-state index contributed by atoms with van der Waals surface area (Å²) in [5.41, 5.74) is 1.04. The van der Waals surface area contributed by atoms with Crippen LogP contribution in [-0.2, 0) is 20.9 Å². The molecule has 0 N–H and O–H groups in total. The maximum absolute atomic E-state index is 12.5. The molecule has 0 radical (unpaired) electrons. The van der Waals surface area contributed by atoms with Crippen LogP contribution in [0.3, 0.4) is 0 Å². The van der Waals surface area contributed by atoms with E-state index in [1.807, 2.05) is 17.0 Å². The molecule has 1 aromatic rings. The Balaban J connectivity index is 1.61. The molecular formula is C15H19N3O3. The minimum atomic E-state index is -0.0533. The van der Waals surface area contributed by atoms with E-state index in [0.29, 0.717) is 19.6 Å². The molecule has 2 atom stereocenters. The van der Waals surface area contributed by atoms with E-state index in [-0.39, 0.29) is 30.3 Å². The summed E-state index contributed by atoms with van der Waals surface area (Å²) in [5.74, 6) is 0.313. The molecule has 21 heavy (non-hydrogen) atoms. The summed E-state index contributed by atoms with van der Waals surface area (Å²) in [6, 6.07) is 3.85. The van der Waals surface area contributed by atoms with Gasteiger partial charge in [0.15, 0.2) is 0 Å². The van der Waals surface area contributed by atoms with Gasteiger partial charge in [-0.3, -0.25) is 14.6 Å². The van der Waals surface area contributed by atoms with Crippen LogP contribution in [0.1, 0.15) is 5.56 Å². The lowest BCUT2D eigenvalue weighted by molar-refractivity contribution is -0.136. The second-order valence-corrected chi connectivity index (χ2v) is 5.68. The van der Waals surface area contributed by atoms with Gasteiger partial charge in [0.25, 0.3) is 0 Å². The first-order chi connectivity index (χ1) is 10.2. The number of hydrogen-bond acceptors (Lipinski definition) is 4. The predicted octanol–water partition coefficient (Wildman–Crippen LogP) is 0.145. The Kier molecular flexibility index (Phi) is 3.88. The first kappa shape index (κ1) is 14.0. The lowest BCUT2D eigenvalue weighted by Crippen LogP contribution is -2.36. The summed E-state index contributed by atoms with van der Waals surface area (Å²) in [5, 5.41) is 0. The minimum Gasteiger partial charge on any atom is -0.375 e. The van der Waals surface area contributed by atoms with Crippen molar-refractivity contribution in [2.75, 3.05) is 33.4 Å². The van der Waals surface area contributed by atoms with Crippen molar-refractivity contribution in [1.29, 1.82) is 0 Å². The van der Waals surface area contributed by atoms with Crippen molar-refractivity contribution >= 4 is 11.8 Å². The van der Waals surface area contributed by atoms with E-state index in [2.05, 4.69) is 4.98 Å². The van der Waals surface area contributed by atoms with E-state index < -0.39 is 0 Å². The molecule has 2 saturated heterocycles. The van der Waals surface area contributed by atoms with Crippen LogP contribution in [0.25, 0.3) is 0 Å². The number of hydrogen-bond donors (Lipinski definition) is 0. The summed E-state index contributed by atoms with van der Waals surface area (Å²) in [4.78, 5) is 32.0. The van der Waals surface area contributed by atoms with Gasteiger partial charge in [0.1, 0.15) is 6.61 Å². The number of ether oxygens (including phenoxy) is 1. The van der Waals surface area contributed by atoms with E-state index in [1.54, 1.807) is 17.3 Å². The van der Waals surface area contributed by atoms with Gasteiger partial charge in [-0.15, -0.1) is 0 Å². The van der Waals surface area contributed by atoms with Crippen molar-refractivity contribution in [1.82, 2.24) is 14.8 Å². The van der Waals surface area contributed by atoms with Crippen LogP contribution in [-0.4, -0.2) is 59.9 Å². The fourth-order valence-corrected chi connectivity index (χ4v) is 3.22. The molecule has 2 aliphatic rings. The molecule has 0 spiro atoms. The summed E-state index contributed by atoms with van der Waals surface area (Å²) in [6.07, 6.45) is 3.51. The quantitative estimate of drug-likeness (QED) is 0.791. The van der Waals surface area contributed by atoms with Gasteiger partial charge in [-0.05, 0) is 11.6 Å². The van der Waals surface area contributed by atoms with Crippen LogP contribution in [0.5, 0.6) is 0 Å². The molecule has 1 aromatic heterocycles. The molecule has 6 nitrogen and oxygen atoms in total. The van der Waals surface area contributed by atoms with Gasteiger partial charge >= 0.3 is 0 Å². The molecule has 112 valence electrons. The molecular weight excluding hydrogens is 270 g/mol. The lowest BCUT2D eigenvalue weighted by atomic mass is 10.0. The number of methoxy groups -OCH3 is 1. The van der Waals surface area contributed by atoms with Crippen LogP contribution in [0, 0.1) is 11.8 Å². The maximum Gasteiger partial charge on any atom is 0.248 e. The van der Waals surface area contributed by atoms with Crippen LogP contribution in [0.4, 0.5) is 0 Å². The Morgan fingerprint density at radius 2 is 2.29 bits per heavy atom. The molecule has 0 aliphatic carbocycles. The minimum absolute atomic E-state index is 0.0292. The average molecular weight is 289 g/mol. The third-order valence-electron chi connectivity index (χ3n) is 4.24. The Morgan fingerprint density at radius 1 is 1.43 bits per heavy atom. The average Bonchev–Trinajstić information content (AvgIpc) is 3.02. The Labute approximate surface area is 123 Å². The Morgan fingerprint density at radius 3 is 2.95 bits per heavy atom. The van der Waals surface area contributed by atoms with Crippen LogP contribution >= 0.6 is 0 Å². The Hall–Kier alpha value is -1.95. The lowest BCUT2D eigenvalue weighted by Gasteiger charge is -2.21. The zero-order valence-electron chi connectivity index (χ0n) is 12.1. The number of pyridine rings is 1. The van der Waals surface area contributed by atoms with Crippen molar-refractivity contribution in [3.8, 4) is 0 Å². The number of carbonyl (C=O) groups is 2. The van der Waals surface area contributed by atoms with E-state index >= 15 is 0 Å². The maximum atomic E-state index is 12.5. The third kappa shape index (κ3) is 2.76. The van der Waals surface area contributed by atoms with Crippen molar-refractivity contribution < 1.29 is 14.3 Å². The molecule has 2 fully saturated rings. The molecule has 6 heteroatoms. The van der Waals surface area contributed by atoms with Crippen LogP contribution in [0.15, 0.2) is 24.5 Å². The second-order valence-electron chi connectivity index (χ2n) is 5.68. The van der Waals surface area contributed by atoms with Gasteiger partial charge in [-0.2, -0.15) is 0 Å². The molecule has 3 heterocycles. The number of amides is 2. The molecule has 2 amide bonds.